The van der Waals surface area contributed by atoms with Crippen molar-refractivity contribution in [3.8, 4) is 22.8 Å². The van der Waals surface area contributed by atoms with Gasteiger partial charge in [-0.15, -0.1) is 0 Å². The van der Waals surface area contributed by atoms with Gasteiger partial charge in [0, 0.05) is 28.5 Å². The predicted molar refractivity (Wildman–Crippen MR) is 86.2 cm³/mol. The summed E-state index contributed by atoms with van der Waals surface area (Å²) >= 11 is 8.83. The third kappa shape index (κ3) is 2.74. The molecular formula is C14H11BrN4OS. The van der Waals surface area contributed by atoms with Gasteiger partial charge in [0.2, 0.25) is 0 Å². The molecule has 106 valence electrons. The van der Waals surface area contributed by atoms with E-state index in [1.165, 1.54) is 0 Å². The molecule has 0 aliphatic heterocycles. The number of hydrogen-bond donors (Lipinski definition) is 1. The normalized spacial score (nSPS) is 10.6. The monoisotopic (exact) mass is 362 g/mol. The Morgan fingerprint density at radius 2 is 2.00 bits per heavy atom. The maximum atomic E-state index is 5.35. The molecule has 0 atom stereocenters. The average Bonchev–Trinajstić information content (AvgIpc) is 2.89. The van der Waals surface area contributed by atoms with Crippen LogP contribution in [0.2, 0.25) is 0 Å². The number of halogens is 1. The van der Waals surface area contributed by atoms with E-state index in [-0.39, 0.29) is 0 Å². The number of pyridine rings is 1. The van der Waals surface area contributed by atoms with E-state index < -0.39 is 0 Å². The largest absolute Gasteiger partial charge is 0.497 e. The van der Waals surface area contributed by atoms with Crippen molar-refractivity contribution in [3.05, 3.63) is 52.0 Å². The van der Waals surface area contributed by atoms with Crippen molar-refractivity contribution in [2.45, 2.75) is 0 Å². The molecule has 3 aromatic rings. The summed E-state index contributed by atoms with van der Waals surface area (Å²) in [4.78, 5) is 4.02. The van der Waals surface area contributed by atoms with Gasteiger partial charge in [0.25, 0.3) is 0 Å². The highest BCUT2D eigenvalue weighted by Gasteiger charge is 2.12. The quantitative estimate of drug-likeness (QED) is 0.720. The molecule has 3 rings (SSSR count). The molecule has 0 aliphatic rings. The fourth-order valence-corrected chi connectivity index (χ4v) is 2.72. The van der Waals surface area contributed by atoms with E-state index in [1.54, 1.807) is 19.5 Å². The molecule has 5 nitrogen and oxygen atoms in total. The lowest BCUT2D eigenvalue weighted by atomic mass is 10.2. The molecule has 1 aromatic carbocycles. The Balaban J connectivity index is 2.22. The molecule has 0 aliphatic carbocycles. The van der Waals surface area contributed by atoms with E-state index in [4.69, 9.17) is 17.0 Å². The maximum Gasteiger partial charge on any atom is 0.200 e. The molecule has 7 heteroatoms. The van der Waals surface area contributed by atoms with Gasteiger partial charge in [-0.25, -0.2) is 0 Å². The smallest absolute Gasteiger partial charge is 0.200 e. The SMILES string of the molecule is COc1cc(Br)cc(-n2c(-c3ccncc3)n[nH]c2=S)c1. The van der Waals surface area contributed by atoms with Crippen LogP contribution < -0.4 is 4.74 Å². The van der Waals surface area contributed by atoms with Crippen molar-refractivity contribution in [3.63, 3.8) is 0 Å². The number of nitrogens with one attached hydrogen (secondary N) is 1. The number of nitrogens with zero attached hydrogens (tertiary/aromatic N) is 3. The van der Waals surface area contributed by atoms with Gasteiger partial charge in [0.15, 0.2) is 10.6 Å². The van der Waals surface area contributed by atoms with Gasteiger partial charge in [-0.1, -0.05) is 15.9 Å². The van der Waals surface area contributed by atoms with E-state index in [0.717, 1.165) is 27.3 Å². The fraction of sp³-hybridized carbons (Fsp3) is 0.0714. The Bertz CT molecular complexity index is 828. The summed E-state index contributed by atoms with van der Waals surface area (Å²) in [5, 5.41) is 7.14. The highest BCUT2D eigenvalue weighted by Crippen LogP contribution is 2.27. The zero-order valence-electron chi connectivity index (χ0n) is 11.1. The number of rotatable bonds is 3. The number of hydrogen-bond acceptors (Lipinski definition) is 4. The molecule has 0 unspecified atom stereocenters. The molecule has 2 heterocycles. The van der Waals surface area contributed by atoms with Gasteiger partial charge >= 0.3 is 0 Å². The Kier molecular flexibility index (Phi) is 3.85. The van der Waals surface area contributed by atoms with E-state index in [2.05, 4.69) is 31.1 Å². The van der Waals surface area contributed by atoms with Crippen LogP contribution in [-0.2, 0) is 0 Å². The van der Waals surface area contributed by atoms with E-state index in [0.29, 0.717) is 4.77 Å². The first kappa shape index (κ1) is 14.0. The standard InChI is InChI=1S/C14H11BrN4OS/c1-20-12-7-10(15)6-11(8-12)19-13(17-18-14(19)21)9-2-4-16-5-3-9/h2-8H,1H3,(H,18,21). The van der Waals surface area contributed by atoms with Crippen molar-refractivity contribution < 1.29 is 4.74 Å². The maximum absolute atomic E-state index is 5.35. The molecular weight excluding hydrogens is 352 g/mol. The van der Waals surface area contributed by atoms with Crippen LogP contribution in [0.3, 0.4) is 0 Å². The van der Waals surface area contributed by atoms with Crippen LogP contribution in [-0.4, -0.2) is 26.9 Å². The van der Waals surface area contributed by atoms with Gasteiger partial charge in [-0.05, 0) is 36.5 Å². The zero-order valence-corrected chi connectivity index (χ0v) is 13.5. The first-order valence-electron chi connectivity index (χ1n) is 6.12. The fourth-order valence-electron chi connectivity index (χ4n) is 2.03. The molecule has 0 amide bonds. The van der Waals surface area contributed by atoms with Crippen LogP contribution >= 0.6 is 28.1 Å². The second-order valence-electron chi connectivity index (χ2n) is 4.27. The van der Waals surface area contributed by atoms with Crippen molar-refractivity contribution >= 4 is 28.1 Å². The zero-order chi connectivity index (χ0) is 14.8. The summed E-state index contributed by atoms with van der Waals surface area (Å²) in [6, 6.07) is 9.52. The van der Waals surface area contributed by atoms with Gasteiger partial charge < -0.3 is 4.74 Å². The van der Waals surface area contributed by atoms with Crippen molar-refractivity contribution in [2.75, 3.05) is 7.11 Å². The van der Waals surface area contributed by atoms with Gasteiger partial charge in [-0.2, -0.15) is 5.10 Å². The van der Waals surface area contributed by atoms with Crippen LogP contribution in [0, 0.1) is 4.77 Å². The van der Waals surface area contributed by atoms with Crippen LogP contribution in [0.1, 0.15) is 0 Å². The highest BCUT2D eigenvalue weighted by molar-refractivity contribution is 9.10. The summed E-state index contributed by atoms with van der Waals surface area (Å²) in [7, 11) is 1.63. The summed E-state index contributed by atoms with van der Waals surface area (Å²) in [5.74, 6) is 1.46. The van der Waals surface area contributed by atoms with Crippen molar-refractivity contribution in [1.29, 1.82) is 0 Å². The third-order valence-electron chi connectivity index (χ3n) is 2.96. The van der Waals surface area contributed by atoms with Crippen LogP contribution in [0.25, 0.3) is 17.1 Å². The molecule has 0 bridgehead atoms. The highest BCUT2D eigenvalue weighted by atomic mass is 79.9. The Morgan fingerprint density at radius 3 is 2.71 bits per heavy atom. The number of aromatic amines is 1. The molecule has 2 aromatic heterocycles. The molecule has 0 saturated carbocycles. The van der Waals surface area contributed by atoms with E-state index >= 15 is 0 Å². The van der Waals surface area contributed by atoms with Crippen LogP contribution in [0.5, 0.6) is 5.75 Å². The van der Waals surface area contributed by atoms with E-state index in [1.807, 2.05) is 34.9 Å². The minimum atomic E-state index is 0.516. The second kappa shape index (κ2) is 5.79. The Labute approximate surface area is 134 Å². The van der Waals surface area contributed by atoms with Gasteiger partial charge in [-0.3, -0.25) is 14.6 Å². The first-order chi connectivity index (χ1) is 10.2. The lowest BCUT2D eigenvalue weighted by Crippen LogP contribution is -1.98. The number of H-pyrrole nitrogens is 1. The van der Waals surface area contributed by atoms with E-state index in [9.17, 15) is 0 Å². The third-order valence-corrected chi connectivity index (χ3v) is 3.69. The summed E-state index contributed by atoms with van der Waals surface area (Å²) in [5.41, 5.74) is 1.79. The molecule has 0 radical (unpaired) electrons. The van der Waals surface area contributed by atoms with Gasteiger partial charge in [0.05, 0.1) is 12.8 Å². The molecule has 0 saturated heterocycles. The lowest BCUT2D eigenvalue weighted by Gasteiger charge is -2.09. The number of methoxy groups -OCH3 is 1. The van der Waals surface area contributed by atoms with Crippen LogP contribution in [0.15, 0.2) is 47.2 Å². The molecule has 21 heavy (non-hydrogen) atoms. The van der Waals surface area contributed by atoms with Crippen molar-refractivity contribution in [2.24, 2.45) is 0 Å². The number of benzene rings is 1. The second-order valence-corrected chi connectivity index (χ2v) is 5.58. The number of ether oxygens (including phenoxy) is 1. The minimum Gasteiger partial charge on any atom is -0.497 e. The van der Waals surface area contributed by atoms with Gasteiger partial charge in [0.1, 0.15) is 5.75 Å². The molecule has 0 fully saturated rings. The predicted octanol–water partition coefficient (Wildman–Crippen LogP) is 3.76. The summed E-state index contributed by atoms with van der Waals surface area (Å²) in [6.07, 6.45) is 3.44. The average molecular weight is 363 g/mol. The number of aromatic nitrogens is 4. The Hall–Kier alpha value is -1.99. The first-order valence-corrected chi connectivity index (χ1v) is 7.32. The lowest BCUT2D eigenvalue weighted by molar-refractivity contribution is 0.414. The Morgan fingerprint density at radius 1 is 1.24 bits per heavy atom. The molecule has 1 N–H and O–H groups in total. The van der Waals surface area contributed by atoms with Crippen molar-refractivity contribution in [1.82, 2.24) is 19.7 Å². The summed E-state index contributed by atoms with van der Waals surface area (Å²) in [6.45, 7) is 0. The van der Waals surface area contributed by atoms with Crippen LogP contribution in [0.4, 0.5) is 0 Å². The molecule has 0 spiro atoms. The minimum absolute atomic E-state index is 0.516. The summed E-state index contributed by atoms with van der Waals surface area (Å²) < 4.78 is 8.58. The topological polar surface area (TPSA) is 55.7 Å².